The van der Waals surface area contributed by atoms with Gasteiger partial charge in [0.1, 0.15) is 5.41 Å². The van der Waals surface area contributed by atoms with Gasteiger partial charge in [-0.25, -0.2) is 4.99 Å². The Morgan fingerprint density at radius 3 is 2.33 bits per heavy atom. The van der Waals surface area contributed by atoms with Gasteiger partial charge in [-0.3, -0.25) is 4.79 Å². The van der Waals surface area contributed by atoms with Crippen LogP contribution in [0, 0.1) is 5.41 Å². The van der Waals surface area contributed by atoms with Crippen molar-refractivity contribution in [1.82, 2.24) is 0 Å². The molecule has 0 rings (SSSR count). The summed E-state index contributed by atoms with van der Waals surface area (Å²) < 4.78 is 0. The van der Waals surface area contributed by atoms with E-state index in [4.69, 9.17) is 0 Å². The van der Waals surface area contributed by atoms with Crippen LogP contribution in [-0.2, 0) is 4.79 Å². The second-order valence-electron chi connectivity index (χ2n) is 4.57. The fraction of sp³-hybridized carbons (Fsp3) is 0.571. The fourth-order valence-corrected chi connectivity index (χ4v) is 1.91. The Hall–Kier alpha value is -1.03. The Morgan fingerprint density at radius 1 is 1.44 bits per heavy atom. The van der Waals surface area contributed by atoms with Gasteiger partial charge in [-0.05, 0) is 52.0 Å². The van der Waals surface area contributed by atoms with Gasteiger partial charge in [-0.15, -0.1) is 11.8 Å². The van der Waals surface area contributed by atoms with Crippen LogP contribution in [0.2, 0.25) is 0 Å². The molecule has 18 heavy (non-hydrogen) atoms. The number of nitrogens with zero attached hydrogens (tertiary/aromatic N) is 1. The zero-order valence-electron chi connectivity index (χ0n) is 12.1. The van der Waals surface area contributed by atoms with Crippen molar-refractivity contribution >= 4 is 23.4 Å². The van der Waals surface area contributed by atoms with Gasteiger partial charge in [0.15, 0.2) is 0 Å². The zero-order chi connectivity index (χ0) is 14.3. The molecular weight excluding hydrogens is 246 g/mol. The first-order valence-electron chi connectivity index (χ1n) is 6.00. The molecule has 0 radical (unpaired) electrons. The SMILES string of the molecule is C\C=C/C(=N\C(SC)=C(/C)CC)C(C)(C)C(=O)O. The van der Waals surface area contributed by atoms with E-state index in [0.29, 0.717) is 5.71 Å². The molecule has 0 saturated carbocycles. The van der Waals surface area contributed by atoms with Gasteiger partial charge < -0.3 is 5.11 Å². The molecule has 0 aromatic rings. The van der Waals surface area contributed by atoms with Crippen LogP contribution in [0.3, 0.4) is 0 Å². The molecule has 0 heterocycles. The van der Waals surface area contributed by atoms with E-state index in [0.717, 1.165) is 11.4 Å². The second kappa shape index (κ2) is 7.41. The van der Waals surface area contributed by atoms with Crippen LogP contribution >= 0.6 is 11.8 Å². The van der Waals surface area contributed by atoms with Gasteiger partial charge in [0, 0.05) is 0 Å². The number of allylic oxidation sites excluding steroid dienone is 3. The van der Waals surface area contributed by atoms with Crippen molar-refractivity contribution in [3.63, 3.8) is 0 Å². The van der Waals surface area contributed by atoms with Crippen molar-refractivity contribution in [3.05, 3.63) is 22.8 Å². The molecule has 0 amide bonds. The van der Waals surface area contributed by atoms with E-state index in [1.165, 1.54) is 5.57 Å². The molecule has 0 aliphatic rings. The Kier molecular flexibility index (Phi) is 6.99. The first-order valence-corrected chi connectivity index (χ1v) is 7.22. The van der Waals surface area contributed by atoms with Crippen LogP contribution in [-0.4, -0.2) is 23.0 Å². The van der Waals surface area contributed by atoms with E-state index in [1.807, 2.05) is 26.2 Å². The first kappa shape index (κ1) is 17.0. The van der Waals surface area contributed by atoms with Gasteiger partial charge in [0.25, 0.3) is 0 Å². The van der Waals surface area contributed by atoms with Gasteiger partial charge >= 0.3 is 5.97 Å². The summed E-state index contributed by atoms with van der Waals surface area (Å²) in [5.41, 5.74) is 0.766. The average Bonchev–Trinajstić information content (AvgIpc) is 2.33. The lowest BCUT2D eigenvalue weighted by Crippen LogP contribution is -2.32. The number of rotatable bonds is 6. The highest BCUT2D eigenvalue weighted by Gasteiger charge is 2.32. The van der Waals surface area contributed by atoms with E-state index in [9.17, 15) is 9.90 Å². The summed E-state index contributed by atoms with van der Waals surface area (Å²) >= 11 is 1.55. The summed E-state index contributed by atoms with van der Waals surface area (Å²) in [7, 11) is 0. The quantitative estimate of drug-likeness (QED) is 0.738. The van der Waals surface area contributed by atoms with Crippen molar-refractivity contribution in [1.29, 1.82) is 0 Å². The van der Waals surface area contributed by atoms with Gasteiger partial charge in [0.05, 0.1) is 10.7 Å². The largest absolute Gasteiger partial charge is 0.481 e. The number of hydrogen-bond acceptors (Lipinski definition) is 3. The molecule has 0 atom stereocenters. The van der Waals surface area contributed by atoms with Crippen LogP contribution < -0.4 is 0 Å². The summed E-state index contributed by atoms with van der Waals surface area (Å²) in [6.45, 7) is 9.30. The Morgan fingerprint density at radius 2 is 2.00 bits per heavy atom. The maximum absolute atomic E-state index is 11.3. The lowest BCUT2D eigenvalue weighted by Gasteiger charge is -2.20. The Balaban J connectivity index is 5.70. The van der Waals surface area contributed by atoms with Crippen molar-refractivity contribution in [3.8, 4) is 0 Å². The summed E-state index contributed by atoms with van der Waals surface area (Å²) in [4.78, 5) is 15.8. The average molecular weight is 269 g/mol. The molecule has 0 unspecified atom stereocenters. The van der Waals surface area contributed by atoms with Crippen molar-refractivity contribution in [2.45, 2.75) is 41.0 Å². The molecule has 1 N–H and O–H groups in total. The number of carboxylic acids is 1. The predicted octanol–water partition coefficient (Wildman–Crippen LogP) is 4.12. The van der Waals surface area contributed by atoms with Crippen LogP contribution in [0.4, 0.5) is 0 Å². The fourth-order valence-electron chi connectivity index (χ4n) is 1.23. The van der Waals surface area contributed by atoms with Crippen molar-refractivity contribution in [2.24, 2.45) is 10.4 Å². The third-order valence-corrected chi connectivity index (χ3v) is 3.64. The highest BCUT2D eigenvalue weighted by atomic mass is 32.2. The van der Waals surface area contributed by atoms with Gasteiger partial charge in [0.2, 0.25) is 0 Å². The number of carbonyl (C=O) groups is 1. The minimum Gasteiger partial charge on any atom is -0.481 e. The van der Waals surface area contributed by atoms with E-state index in [-0.39, 0.29) is 0 Å². The summed E-state index contributed by atoms with van der Waals surface area (Å²) in [6, 6.07) is 0. The molecule has 3 nitrogen and oxygen atoms in total. The highest BCUT2D eigenvalue weighted by molar-refractivity contribution is 8.02. The van der Waals surface area contributed by atoms with Crippen LogP contribution in [0.25, 0.3) is 0 Å². The van der Waals surface area contributed by atoms with E-state index in [1.54, 1.807) is 31.7 Å². The third kappa shape index (κ3) is 4.33. The maximum atomic E-state index is 11.3. The number of carboxylic acid groups (broad SMARTS) is 1. The van der Waals surface area contributed by atoms with Crippen molar-refractivity contribution < 1.29 is 9.90 Å². The van der Waals surface area contributed by atoms with Crippen molar-refractivity contribution in [2.75, 3.05) is 6.26 Å². The molecule has 0 spiro atoms. The molecular formula is C14H23NO2S. The smallest absolute Gasteiger partial charge is 0.315 e. The lowest BCUT2D eigenvalue weighted by atomic mass is 9.87. The standard InChI is InChI=1S/C14H23NO2S/c1-7-9-11(14(4,5)13(16)17)15-12(18-6)10(3)8-2/h7,9H,8H2,1-6H3,(H,16,17)/b9-7-,12-10-,15-11+. The monoisotopic (exact) mass is 269 g/mol. The zero-order valence-corrected chi connectivity index (χ0v) is 12.9. The minimum atomic E-state index is -0.985. The van der Waals surface area contributed by atoms with Gasteiger partial charge in [-0.1, -0.05) is 13.0 Å². The molecule has 0 bridgehead atoms. The highest BCUT2D eigenvalue weighted by Crippen LogP contribution is 2.26. The molecule has 0 saturated heterocycles. The van der Waals surface area contributed by atoms with Crippen LogP contribution in [0.15, 0.2) is 27.7 Å². The van der Waals surface area contributed by atoms with E-state index < -0.39 is 11.4 Å². The molecule has 0 aromatic heterocycles. The summed E-state index contributed by atoms with van der Waals surface area (Å²) in [5, 5.41) is 10.2. The minimum absolute atomic E-state index is 0.578. The predicted molar refractivity (Wildman–Crippen MR) is 80.2 cm³/mol. The number of aliphatic imine (C=N–C) groups is 1. The Bertz CT molecular complexity index is 393. The number of thioether (sulfide) groups is 1. The molecule has 0 aromatic carbocycles. The summed E-state index contributed by atoms with van der Waals surface area (Å²) in [5.74, 6) is -0.867. The molecule has 102 valence electrons. The van der Waals surface area contributed by atoms with Crippen LogP contribution in [0.5, 0.6) is 0 Å². The molecule has 0 aliphatic heterocycles. The van der Waals surface area contributed by atoms with Crippen LogP contribution in [0.1, 0.15) is 41.0 Å². The summed E-state index contributed by atoms with van der Waals surface area (Å²) in [6.07, 6.45) is 6.46. The number of aliphatic carboxylic acids is 1. The topological polar surface area (TPSA) is 49.7 Å². The molecule has 0 fully saturated rings. The Labute approximate surface area is 114 Å². The van der Waals surface area contributed by atoms with Gasteiger partial charge in [-0.2, -0.15) is 0 Å². The molecule has 0 aliphatic carbocycles. The van der Waals surface area contributed by atoms with E-state index in [2.05, 4.69) is 11.9 Å². The second-order valence-corrected chi connectivity index (χ2v) is 5.37. The lowest BCUT2D eigenvalue weighted by molar-refractivity contribution is -0.143. The molecule has 4 heteroatoms. The normalized spacial score (nSPS) is 14.9. The number of hydrogen-bond donors (Lipinski definition) is 1. The third-order valence-electron chi connectivity index (χ3n) is 2.81. The maximum Gasteiger partial charge on any atom is 0.315 e. The van der Waals surface area contributed by atoms with E-state index >= 15 is 0 Å². The first-order chi connectivity index (χ1) is 8.31.